The molecule has 12 rings (SSSR count). The van der Waals surface area contributed by atoms with Gasteiger partial charge in [0.15, 0.2) is 0 Å². The van der Waals surface area contributed by atoms with Gasteiger partial charge in [0.25, 0.3) is 0 Å². The highest BCUT2D eigenvalue weighted by Gasteiger charge is 2.61. The molecule has 5 unspecified atom stereocenters. The largest absolute Gasteiger partial charge is 0.310 e. The molecule has 3 fully saturated rings. The molecule has 3 saturated carbocycles. The molecule has 254 valence electrons. The molecule has 0 radical (unpaired) electrons. The summed E-state index contributed by atoms with van der Waals surface area (Å²) in [6.45, 7) is 0. The van der Waals surface area contributed by atoms with E-state index in [1.54, 1.807) is 11.1 Å². The lowest BCUT2D eigenvalue weighted by atomic mass is 9.51. The summed E-state index contributed by atoms with van der Waals surface area (Å²) in [5.74, 6) is 3.59. The molecule has 0 heterocycles. The average molecular weight is 680 g/mol. The zero-order chi connectivity index (χ0) is 34.7. The lowest BCUT2D eigenvalue weighted by molar-refractivity contribution is 0.0400. The van der Waals surface area contributed by atoms with E-state index in [-0.39, 0.29) is 5.41 Å². The SMILES string of the molecule is c1ccc2c(c1)-c1cc(N(c3ccc(-c4cc5ccccc5c5ccccc45)cc3)c3ccc4ccccc4c3)ccc1C21CCC2CC3CC1C3C2. The molecule has 1 nitrogen and oxygen atoms in total. The highest BCUT2D eigenvalue weighted by molar-refractivity contribution is 6.13. The fraction of sp³-hybridized carbons (Fsp3) is 0.192. The number of fused-ring (bicyclic) bond motifs is 11. The van der Waals surface area contributed by atoms with E-state index in [2.05, 4.69) is 169 Å². The van der Waals surface area contributed by atoms with Crippen molar-refractivity contribution in [1.82, 2.24) is 0 Å². The van der Waals surface area contributed by atoms with Crippen LogP contribution in [0.4, 0.5) is 17.1 Å². The van der Waals surface area contributed by atoms with E-state index in [0.29, 0.717) is 0 Å². The van der Waals surface area contributed by atoms with Gasteiger partial charge in [0, 0.05) is 22.5 Å². The molecular formula is C52H41N. The second-order valence-electron chi connectivity index (χ2n) is 16.5. The molecule has 0 N–H and O–H groups in total. The lowest BCUT2D eigenvalue weighted by Crippen LogP contribution is -2.47. The van der Waals surface area contributed by atoms with Crippen molar-refractivity contribution in [3.8, 4) is 22.3 Å². The van der Waals surface area contributed by atoms with Gasteiger partial charge in [-0.2, -0.15) is 0 Å². The predicted octanol–water partition coefficient (Wildman–Crippen LogP) is 14.0. The quantitative estimate of drug-likeness (QED) is 0.167. The minimum absolute atomic E-state index is 0.166. The molecule has 5 atom stereocenters. The third-order valence-corrected chi connectivity index (χ3v) is 14.1. The number of nitrogens with zero attached hydrogens (tertiary/aromatic N) is 1. The summed E-state index contributed by atoms with van der Waals surface area (Å²) in [7, 11) is 0. The monoisotopic (exact) mass is 679 g/mol. The van der Waals surface area contributed by atoms with Crippen LogP contribution in [0.1, 0.15) is 43.2 Å². The Kier molecular flexibility index (Phi) is 6.30. The Bertz CT molecular complexity index is 2760. The standard InChI is InChI=1S/C52H41N/c1-2-10-36-29-40(22-17-34(36)9-1)53(39-20-18-35(19-21-39)46-30-37-11-3-4-12-42(37)43-13-5-6-14-44(43)46)41-23-24-50-48(32-41)45-15-7-8-16-49(45)52(50)26-25-33-27-38-31-51(52)47(38)28-33/h1-24,29-30,32-33,38,47,51H,25-28,31H2. The topological polar surface area (TPSA) is 3.24 Å². The second-order valence-corrected chi connectivity index (χ2v) is 16.5. The molecule has 0 saturated heterocycles. The first-order valence-electron chi connectivity index (χ1n) is 19.8. The van der Waals surface area contributed by atoms with Crippen molar-refractivity contribution in [3.63, 3.8) is 0 Å². The summed E-state index contributed by atoms with van der Waals surface area (Å²) >= 11 is 0. The molecule has 1 heteroatoms. The Hall–Kier alpha value is -5.66. The number of hydrogen-bond donors (Lipinski definition) is 0. The number of anilines is 3. The summed E-state index contributed by atoms with van der Waals surface area (Å²) in [5.41, 5.74) is 12.4. The van der Waals surface area contributed by atoms with Gasteiger partial charge >= 0.3 is 0 Å². The molecule has 53 heavy (non-hydrogen) atoms. The summed E-state index contributed by atoms with van der Waals surface area (Å²) in [6.07, 6.45) is 7.04. The van der Waals surface area contributed by atoms with Crippen LogP contribution in [0.15, 0.2) is 164 Å². The molecule has 2 bridgehead atoms. The number of rotatable bonds is 4. The Morgan fingerprint density at radius 2 is 1.13 bits per heavy atom. The molecule has 0 aliphatic heterocycles. The van der Waals surface area contributed by atoms with Gasteiger partial charge in [0.1, 0.15) is 0 Å². The third kappa shape index (κ3) is 4.25. The maximum Gasteiger partial charge on any atom is 0.0468 e. The third-order valence-electron chi connectivity index (χ3n) is 14.1. The summed E-state index contributed by atoms with van der Waals surface area (Å²) in [4.78, 5) is 2.48. The first-order valence-corrected chi connectivity index (χ1v) is 19.8. The second kappa shape index (κ2) is 11.2. The molecule has 0 amide bonds. The number of hydrogen-bond acceptors (Lipinski definition) is 1. The number of benzene rings is 8. The van der Waals surface area contributed by atoms with E-state index >= 15 is 0 Å². The minimum Gasteiger partial charge on any atom is -0.310 e. The van der Waals surface area contributed by atoms with Crippen molar-refractivity contribution >= 4 is 49.4 Å². The van der Waals surface area contributed by atoms with E-state index in [1.165, 1.54) is 104 Å². The van der Waals surface area contributed by atoms with Crippen LogP contribution in [0.25, 0.3) is 54.6 Å². The summed E-state index contributed by atoms with van der Waals surface area (Å²) in [6, 6.07) is 61.9. The minimum atomic E-state index is 0.166. The van der Waals surface area contributed by atoms with E-state index in [9.17, 15) is 0 Å². The molecule has 0 aromatic heterocycles. The van der Waals surface area contributed by atoms with Crippen LogP contribution < -0.4 is 4.90 Å². The van der Waals surface area contributed by atoms with E-state index in [0.717, 1.165) is 23.7 Å². The molecular weight excluding hydrogens is 639 g/mol. The van der Waals surface area contributed by atoms with Gasteiger partial charge in [-0.15, -0.1) is 0 Å². The van der Waals surface area contributed by atoms with Crippen LogP contribution in [-0.2, 0) is 5.41 Å². The zero-order valence-electron chi connectivity index (χ0n) is 29.9. The molecule has 8 aromatic rings. The van der Waals surface area contributed by atoms with Crippen molar-refractivity contribution in [3.05, 3.63) is 175 Å². The smallest absolute Gasteiger partial charge is 0.0468 e. The highest BCUT2D eigenvalue weighted by Crippen LogP contribution is 2.69. The van der Waals surface area contributed by atoms with E-state index in [4.69, 9.17) is 0 Å². The van der Waals surface area contributed by atoms with Gasteiger partial charge in [-0.25, -0.2) is 0 Å². The Balaban J connectivity index is 1.02. The van der Waals surface area contributed by atoms with Gasteiger partial charge < -0.3 is 4.90 Å². The van der Waals surface area contributed by atoms with Crippen molar-refractivity contribution in [2.45, 2.75) is 37.5 Å². The predicted molar refractivity (Wildman–Crippen MR) is 222 cm³/mol. The van der Waals surface area contributed by atoms with Gasteiger partial charge in [0.2, 0.25) is 0 Å². The van der Waals surface area contributed by atoms with E-state index in [1.807, 2.05) is 0 Å². The Morgan fingerprint density at radius 1 is 0.453 bits per heavy atom. The van der Waals surface area contributed by atoms with Crippen molar-refractivity contribution in [2.24, 2.45) is 23.7 Å². The van der Waals surface area contributed by atoms with Crippen molar-refractivity contribution in [1.29, 1.82) is 0 Å². The first-order chi connectivity index (χ1) is 26.2. The highest BCUT2D eigenvalue weighted by atomic mass is 15.1. The van der Waals surface area contributed by atoms with Crippen LogP contribution in [0.5, 0.6) is 0 Å². The first kappa shape index (κ1) is 29.9. The van der Waals surface area contributed by atoms with Crippen LogP contribution in [0, 0.1) is 23.7 Å². The van der Waals surface area contributed by atoms with Crippen LogP contribution in [-0.4, -0.2) is 0 Å². The zero-order valence-corrected chi connectivity index (χ0v) is 29.9. The van der Waals surface area contributed by atoms with Gasteiger partial charge in [-0.3, -0.25) is 0 Å². The Labute approximate surface area is 311 Å². The summed E-state index contributed by atoms with van der Waals surface area (Å²) < 4.78 is 0. The molecule has 4 aliphatic carbocycles. The average Bonchev–Trinajstić information content (AvgIpc) is 3.63. The van der Waals surface area contributed by atoms with Gasteiger partial charge in [-0.05, 0) is 164 Å². The van der Waals surface area contributed by atoms with E-state index < -0.39 is 0 Å². The fourth-order valence-electron chi connectivity index (χ4n) is 11.8. The molecule has 4 aliphatic rings. The molecule has 8 aromatic carbocycles. The van der Waals surface area contributed by atoms with Crippen molar-refractivity contribution < 1.29 is 0 Å². The van der Waals surface area contributed by atoms with Gasteiger partial charge in [-0.1, -0.05) is 121 Å². The maximum absolute atomic E-state index is 2.54. The van der Waals surface area contributed by atoms with Crippen LogP contribution in [0.2, 0.25) is 0 Å². The fourth-order valence-corrected chi connectivity index (χ4v) is 11.8. The Morgan fingerprint density at radius 3 is 2.02 bits per heavy atom. The maximum atomic E-state index is 2.54. The van der Waals surface area contributed by atoms with Gasteiger partial charge in [0.05, 0.1) is 0 Å². The van der Waals surface area contributed by atoms with Crippen molar-refractivity contribution in [2.75, 3.05) is 4.90 Å². The van der Waals surface area contributed by atoms with Crippen LogP contribution >= 0.6 is 0 Å². The van der Waals surface area contributed by atoms with Crippen LogP contribution in [0.3, 0.4) is 0 Å². The summed E-state index contributed by atoms with van der Waals surface area (Å²) in [5, 5.41) is 7.70. The lowest BCUT2D eigenvalue weighted by Gasteiger charge is -2.52. The normalized spacial score (nSPS) is 23.5. The molecule has 1 spiro atoms.